The molecule has 2 bridgehead atoms. The Morgan fingerprint density at radius 3 is 2.30 bits per heavy atom. The maximum Gasteiger partial charge on any atom is 0.234 e. The SMILES string of the molecule is C=S(C)(=O)NC(=O)C1CC23CC14C(C2C3(C)C)C4(C)C. The van der Waals surface area contributed by atoms with Gasteiger partial charge in [0.1, 0.15) is 0 Å². The molecule has 4 fully saturated rings. The molecular weight excluding hydrogens is 270 g/mol. The Morgan fingerprint density at radius 2 is 1.80 bits per heavy atom. The van der Waals surface area contributed by atoms with Gasteiger partial charge in [0.15, 0.2) is 0 Å². The van der Waals surface area contributed by atoms with E-state index in [1.807, 2.05) is 0 Å². The first-order valence-corrected chi connectivity index (χ1v) is 9.69. The first kappa shape index (κ1) is 13.2. The van der Waals surface area contributed by atoms with Gasteiger partial charge in [-0.25, -0.2) is 4.21 Å². The third-order valence-electron chi connectivity index (χ3n) is 7.79. The van der Waals surface area contributed by atoms with Crippen molar-refractivity contribution < 1.29 is 9.00 Å². The Hall–Kier alpha value is -0.510. The molecule has 6 unspecified atom stereocenters. The van der Waals surface area contributed by atoms with E-state index in [9.17, 15) is 9.00 Å². The van der Waals surface area contributed by atoms with Crippen LogP contribution in [0, 0.1) is 39.4 Å². The van der Waals surface area contributed by atoms with Crippen LogP contribution in [0.3, 0.4) is 0 Å². The molecule has 112 valence electrons. The molecular formula is C16H25NO2S. The van der Waals surface area contributed by atoms with Crippen LogP contribution in [0.2, 0.25) is 0 Å². The van der Waals surface area contributed by atoms with E-state index >= 15 is 0 Å². The molecule has 4 aliphatic rings. The fourth-order valence-corrected chi connectivity index (χ4v) is 7.54. The molecule has 4 heteroatoms. The zero-order valence-corrected chi connectivity index (χ0v) is 13.9. The van der Waals surface area contributed by atoms with Gasteiger partial charge in [-0.15, -0.1) is 0 Å². The first-order valence-electron chi connectivity index (χ1n) is 7.56. The highest BCUT2D eigenvalue weighted by atomic mass is 32.2. The van der Waals surface area contributed by atoms with Crippen molar-refractivity contribution in [1.29, 1.82) is 0 Å². The molecule has 4 saturated carbocycles. The van der Waals surface area contributed by atoms with Crippen molar-refractivity contribution in [2.24, 2.45) is 39.4 Å². The van der Waals surface area contributed by atoms with Crippen LogP contribution in [0.5, 0.6) is 0 Å². The topological polar surface area (TPSA) is 46.2 Å². The van der Waals surface area contributed by atoms with Crippen LogP contribution in [0.15, 0.2) is 0 Å². The largest absolute Gasteiger partial charge is 0.283 e. The van der Waals surface area contributed by atoms with Gasteiger partial charge in [-0.2, -0.15) is 0 Å². The van der Waals surface area contributed by atoms with Crippen LogP contribution >= 0.6 is 0 Å². The van der Waals surface area contributed by atoms with E-state index in [1.54, 1.807) is 0 Å². The second kappa shape index (κ2) is 2.86. The summed E-state index contributed by atoms with van der Waals surface area (Å²) >= 11 is 0. The predicted molar refractivity (Wildman–Crippen MR) is 81.5 cm³/mol. The fourth-order valence-electron chi connectivity index (χ4n) is 6.97. The number of amides is 1. The third kappa shape index (κ3) is 1.04. The van der Waals surface area contributed by atoms with Crippen molar-refractivity contribution in [1.82, 2.24) is 4.72 Å². The molecule has 4 aliphatic carbocycles. The van der Waals surface area contributed by atoms with Gasteiger partial charge in [-0.1, -0.05) is 27.7 Å². The summed E-state index contributed by atoms with van der Waals surface area (Å²) in [6, 6.07) is 0. The minimum atomic E-state index is -2.46. The van der Waals surface area contributed by atoms with Crippen LogP contribution in [-0.4, -0.2) is 22.2 Å². The molecule has 4 rings (SSSR count). The molecule has 1 N–H and O–H groups in total. The summed E-state index contributed by atoms with van der Waals surface area (Å²) in [5.74, 6) is 5.09. The molecule has 0 saturated heterocycles. The van der Waals surface area contributed by atoms with Gasteiger partial charge >= 0.3 is 0 Å². The van der Waals surface area contributed by atoms with Gasteiger partial charge in [0.25, 0.3) is 0 Å². The highest BCUT2D eigenvalue weighted by Gasteiger charge is 2.98. The number of carbonyl (C=O) groups excluding carboxylic acids is 1. The Kier molecular flexibility index (Phi) is 1.88. The van der Waals surface area contributed by atoms with Crippen molar-refractivity contribution >= 4 is 21.5 Å². The minimum Gasteiger partial charge on any atom is -0.283 e. The summed E-state index contributed by atoms with van der Waals surface area (Å²) < 4.78 is 14.5. The van der Waals surface area contributed by atoms with Crippen molar-refractivity contribution in [3.05, 3.63) is 0 Å². The van der Waals surface area contributed by atoms with Crippen molar-refractivity contribution in [3.8, 4) is 0 Å². The van der Waals surface area contributed by atoms with Gasteiger partial charge in [0.2, 0.25) is 5.91 Å². The number of hydrogen-bond acceptors (Lipinski definition) is 2. The van der Waals surface area contributed by atoms with Crippen LogP contribution in [0.4, 0.5) is 0 Å². The fraction of sp³-hybridized carbons (Fsp3) is 0.875. The molecule has 20 heavy (non-hydrogen) atoms. The molecule has 0 aromatic heterocycles. The van der Waals surface area contributed by atoms with E-state index in [-0.39, 0.29) is 22.7 Å². The Balaban J connectivity index is 1.71. The van der Waals surface area contributed by atoms with E-state index in [4.69, 9.17) is 0 Å². The highest BCUT2D eigenvalue weighted by molar-refractivity contribution is 7.98. The number of carbonyl (C=O) groups is 1. The predicted octanol–water partition coefficient (Wildman–Crippen LogP) is 2.07. The lowest BCUT2D eigenvalue weighted by atomic mass is 9.84. The Bertz CT molecular complexity index is 647. The Morgan fingerprint density at radius 1 is 1.20 bits per heavy atom. The molecule has 0 heterocycles. The number of fused-ring (bicyclic) bond motifs is 1. The second-order valence-corrected chi connectivity index (χ2v) is 11.2. The quantitative estimate of drug-likeness (QED) is 0.793. The van der Waals surface area contributed by atoms with E-state index in [2.05, 4.69) is 38.3 Å². The summed E-state index contributed by atoms with van der Waals surface area (Å²) in [5, 5.41) is 0. The summed E-state index contributed by atoms with van der Waals surface area (Å²) in [5.41, 5.74) is 1.23. The van der Waals surface area contributed by atoms with Gasteiger partial charge < -0.3 is 0 Å². The van der Waals surface area contributed by atoms with E-state index < -0.39 is 9.71 Å². The standard InChI is InChI=1S/C16H25NO2S/c1-13(2)10-11-14(3,4)16(11)8-15(10,13)7-9(16)12(18)17-20(5,6)19/h9-11H,5,7-8H2,1-4,6H3,(H,17,18,19). The zero-order chi connectivity index (χ0) is 14.9. The van der Waals surface area contributed by atoms with Gasteiger partial charge in [0, 0.05) is 21.9 Å². The van der Waals surface area contributed by atoms with Gasteiger partial charge in [-0.05, 0) is 52.2 Å². The molecule has 1 amide bonds. The average molecular weight is 295 g/mol. The maximum absolute atomic E-state index is 12.6. The highest BCUT2D eigenvalue weighted by Crippen LogP contribution is 3.01. The van der Waals surface area contributed by atoms with Crippen molar-refractivity contribution in [3.63, 3.8) is 0 Å². The summed E-state index contributed by atoms with van der Waals surface area (Å²) in [6.45, 7) is 9.41. The summed E-state index contributed by atoms with van der Waals surface area (Å²) in [6.07, 6.45) is 3.70. The van der Waals surface area contributed by atoms with Crippen LogP contribution in [-0.2, 0) is 14.5 Å². The maximum atomic E-state index is 12.6. The first-order chi connectivity index (χ1) is 8.92. The smallest absolute Gasteiger partial charge is 0.234 e. The van der Waals surface area contributed by atoms with Crippen molar-refractivity contribution in [2.75, 3.05) is 6.26 Å². The molecule has 2 spiro atoms. The van der Waals surface area contributed by atoms with Crippen molar-refractivity contribution in [2.45, 2.75) is 40.5 Å². The number of hydrogen-bond donors (Lipinski definition) is 1. The van der Waals surface area contributed by atoms with Crippen LogP contribution in [0.25, 0.3) is 0 Å². The molecule has 3 nitrogen and oxygen atoms in total. The molecule has 6 atom stereocenters. The Labute approximate surface area is 122 Å². The lowest BCUT2D eigenvalue weighted by Gasteiger charge is -2.23. The molecule has 0 radical (unpaired) electrons. The second-order valence-electron chi connectivity index (χ2n) is 9.00. The normalized spacial score (nSPS) is 54.5. The van der Waals surface area contributed by atoms with E-state index in [0.29, 0.717) is 16.7 Å². The molecule has 0 aromatic carbocycles. The minimum absolute atomic E-state index is 0.0129. The molecule has 0 aromatic rings. The summed E-state index contributed by atoms with van der Waals surface area (Å²) in [7, 11) is -2.46. The van der Waals surface area contributed by atoms with Crippen LogP contribution < -0.4 is 4.72 Å². The molecule has 0 aliphatic heterocycles. The summed E-state index contributed by atoms with van der Waals surface area (Å²) in [4.78, 5) is 12.6. The average Bonchev–Trinajstić information content (AvgIpc) is 2.83. The zero-order valence-electron chi connectivity index (χ0n) is 13.1. The van der Waals surface area contributed by atoms with Crippen LogP contribution in [0.1, 0.15) is 40.5 Å². The van der Waals surface area contributed by atoms with E-state index in [1.165, 1.54) is 12.7 Å². The van der Waals surface area contributed by atoms with Gasteiger partial charge in [-0.3, -0.25) is 9.52 Å². The number of rotatable bonds is 2. The number of nitrogens with one attached hydrogen (secondary N) is 1. The van der Waals surface area contributed by atoms with E-state index in [0.717, 1.165) is 12.3 Å². The monoisotopic (exact) mass is 295 g/mol. The lowest BCUT2D eigenvalue weighted by molar-refractivity contribution is -0.125. The third-order valence-corrected chi connectivity index (χ3v) is 8.42. The lowest BCUT2D eigenvalue weighted by Crippen LogP contribution is -2.38. The van der Waals surface area contributed by atoms with Gasteiger partial charge in [0.05, 0.1) is 0 Å².